The van der Waals surface area contributed by atoms with E-state index in [1.807, 2.05) is 12.1 Å². The Hall–Kier alpha value is -0.790. The smallest absolute Gasteiger partial charge is 0.0471 e. The lowest BCUT2D eigenvalue weighted by Crippen LogP contribution is -2.14. The molecule has 1 aromatic rings. The molecule has 80 valence electrons. The number of hydrogen-bond acceptors (Lipinski definition) is 1. The van der Waals surface area contributed by atoms with Crippen LogP contribution in [0.1, 0.15) is 29.9 Å². The summed E-state index contributed by atoms with van der Waals surface area (Å²) < 4.78 is 5.35. The van der Waals surface area contributed by atoms with Gasteiger partial charge >= 0.3 is 0 Å². The highest BCUT2D eigenvalue weighted by atomic mass is 35.5. The number of benzene rings is 1. The van der Waals surface area contributed by atoms with E-state index >= 15 is 0 Å². The molecule has 0 amide bonds. The van der Waals surface area contributed by atoms with Crippen LogP contribution in [-0.4, -0.2) is 13.2 Å². The molecule has 1 aromatic carbocycles. The molecule has 2 heteroatoms. The van der Waals surface area contributed by atoms with Gasteiger partial charge in [0.05, 0.1) is 0 Å². The Kier molecular flexibility index (Phi) is 3.45. The minimum atomic E-state index is 0.560. The zero-order valence-corrected chi connectivity index (χ0v) is 9.46. The first-order chi connectivity index (χ1) is 7.31. The van der Waals surface area contributed by atoms with Crippen molar-refractivity contribution in [3.63, 3.8) is 0 Å². The fraction of sp³-hybridized carbons (Fsp3) is 0.385. The summed E-state index contributed by atoms with van der Waals surface area (Å²) >= 11 is 6.25. The molecular formula is C13H15ClO. The van der Waals surface area contributed by atoms with Crippen LogP contribution >= 0.6 is 11.6 Å². The molecule has 0 saturated carbocycles. The first-order valence-electron chi connectivity index (χ1n) is 5.31. The Balaban J connectivity index is 2.23. The van der Waals surface area contributed by atoms with Gasteiger partial charge in [0.15, 0.2) is 0 Å². The van der Waals surface area contributed by atoms with E-state index in [4.69, 9.17) is 16.3 Å². The van der Waals surface area contributed by atoms with Gasteiger partial charge in [-0.15, -0.1) is 0 Å². The van der Waals surface area contributed by atoms with Gasteiger partial charge in [0.25, 0.3) is 0 Å². The van der Waals surface area contributed by atoms with E-state index in [9.17, 15) is 0 Å². The Morgan fingerprint density at radius 3 is 2.67 bits per heavy atom. The van der Waals surface area contributed by atoms with E-state index in [-0.39, 0.29) is 0 Å². The second kappa shape index (κ2) is 4.82. The maximum absolute atomic E-state index is 6.25. The Morgan fingerprint density at radius 2 is 2.07 bits per heavy atom. The SMILES string of the molecule is C=Cc1ccc(C2CCOCC2)c(Cl)c1. The molecule has 1 aliphatic heterocycles. The van der Waals surface area contributed by atoms with Gasteiger partial charge in [-0.25, -0.2) is 0 Å². The van der Waals surface area contributed by atoms with Gasteiger partial charge in [0.2, 0.25) is 0 Å². The third-order valence-corrected chi connectivity index (χ3v) is 3.25. The minimum Gasteiger partial charge on any atom is -0.381 e. The van der Waals surface area contributed by atoms with E-state index < -0.39 is 0 Å². The van der Waals surface area contributed by atoms with Crippen LogP contribution in [0.15, 0.2) is 24.8 Å². The summed E-state index contributed by atoms with van der Waals surface area (Å²) in [5.74, 6) is 0.560. The van der Waals surface area contributed by atoms with Gasteiger partial charge in [-0.05, 0) is 36.0 Å². The molecule has 0 spiro atoms. The summed E-state index contributed by atoms with van der Waals surface area (Å²) in [4.78, 5) is 0. The predicted molar refractivity (Wildman–Crippen MR) is 64.3 cm³/mol. The summed E-state index contributed by atoms with van der Waals surface area (Å²) in [6.07, 6.45) is 3.97. The van der Waals surface area contributed by atoms with Crippen LogP contribution in [0.25, 0.3) is 6.08 Å². The van der Waals surface area contributed by atoms with Crippen molar-refractivity contribution >= 4 is 17.7 Å². The standard InChI is InChI=1S/C13H15ClO/c1-2-10-3-4-12(13(14)9-10)11-5-7-15-8-6-11/h2-4,9,11H,1,5-8H2. The number of halogens is 1. The van der Waals surface area contributed by atoms with Gasteiger partial charge in [0.1, 0.15) is 0 Å². The monoisotopic (exact) mass is 222 g/mol. The van der Waals surface area contributed by atoms with Crippen LogP contribution in [0.2, 0.25) is 5.02 Å². The van der Waals surface area contributed by atoms with Crippen molar-refractivity contribution in [2.75, 3.05) is 13.2 Å². The Bertz CT molecular complexity index is 354. The summed E-state index contributed by atoms with van der Waals surface area (Å²) in [5.41, 5.74) is 2.33. The Labute approximate surface area is 95.7 Å². The van der Waals surface area contributed by atoms with Crippen molar-refractivity contribution < 1.29 is 4.74 Å². The normalized spacial score (nSPS) is 17.7. The molecule has 0 aliphatic carbocycles. The lowest BCUT2D eigenvalue weighted by Gasteiger charge is -2.23. The highest BCUT2D eigenvalue weighted by molar-refractivity contribution is 6.31. The molecule has 0 bridgehead atoms. The van der Waals surface area contributed by atoms with Gasteiger partial charge < -0.3 is 4.74 Å². The van der Waals surface area contributed by atoms with Crippen molar-refractivity contribution in [3.05, 3.63) is 40.9 Å². The van der Waals surface area contributed by atoms with E-state index in [1.54, 1.807) is 0 Å². The average molecular weight is 223 g/mol. The van der Waals surface area contributed by atoms with Crippen LogP contribution in [-0.2, 0) is 4.74 Å². The number of rotatable bonds is 2. The summed E-state index contributed by atoms with van der Waals surface area (Å²) in [7, 11) is 0. The molecule has 15 heavy (non-hydrogen) atoms. The van der Waals surface area contributed by atoms with Crippen LogP contribution < -0.4 is 0 Å². The molecule has 0 N–H and O–H groups in total. The largest absolute Gasteiger partial charge is 0.381 e. The van der Waals surface area contributed by atoms with Crippen molar-refractivity contribution in [2.24, 2.45) is 0 Å². The topological polar surface area (TPSA) is 9.23 Å². The first kappa shape index (κ1) is 10.7. The molecule has 0 radical (unpaired) electrons. The Morgan fingerprint density at radius 1 is 1.33 bits per heavy atom. The second-order valence-corrected chi connectivity index (χ2v) is 4.28. The highest BCUT2D eigenvalue weighted by Crippen LogP contribution is 2.32. The minimum absolute atomic E-state index is 0.560. The third kappa shape index (κ3) is 2.42. The average Bonchev–Trinajstić information content (AvgIpc) is 2.30. The van der Waals surface area contributed by atoms with Crippen molar-refractivity contribution in [1.82, 2.24) is 0 Å². The highest BCUT2D eigenvalue weighted by Gasteiger charge is 2.18. The molecule has 2 rings (SSSR count). The first-order valence-corrected chi connectivity index (χ1v) is 5.68. The summed E-state index contributed by atoms with van der Waals surface area (Å²) in [6.45, 7) is 5.44. The lowest BCUT2D eigenvalue weighted by molar-refractivity contribution is 0.0853. The zero-order chi connectivity index (χ0) is 10.7. The van der Waals surface area contributed by atoms with Crippen molar-refractivity contribution in [3.8, 4) is 0 Å². The van der Waals surface area contributed by atoms with Gasteiger partial charge in [0, 0.05) is 18.2 Å². The molecule has 0 aromatic heterocycles. The second-order valence-electron chi connectivity index (χ2n) is 3.87. The van der Waals surface area contributed by atoms with Crippen LogP contribution in [0.4, 0.5) is 0 Å². The maximum Gasteiger partial charge on any atom is 0.0471 e. The quantitative estimate of drug-likeness (QED) is 0.738. The zero-order valence-electron chi connectivity index (χ0n) is 8.71. The van der Waals surface area contributed by atoms with Crippen molar-refractivity contribution in [1.29, 1.82) is 0 Å². The third-order valence-electron chi connectivity index (χ3n) is 2.92. The van der Waals surface area contributed by atoms with E-state index in [2.05, 4.69) is 18.7 Å². The summed E-state index contributed by atoms with van der Waals surface area (Å²) in [5, 5.41) is 0.860. The van der Waals surface area contributed by atoms with E-state index in [0.29, 0.717) is 5.92 Å². The molecule has 1 aliphatic rings. The van der Waals surface area contributed by atoms with Crippen LogP contribution in [0, 0.1) is 0 Å². The predicted octanol–water partition coefficient (Wildman–Crippen LogP) is 3.88. The van der Waals surface area contributed by atoms with Crippen LogP contribution in [0.5, 0.6) is 0 Å². The lowest BCUT2D eigenvalue weighted by atomic mass is 9.91. The van der Waals surface area contributed by atoms with Gasteiger partial charge in [-0.2, -0.15) is 0 Å². The molecule has 1 nitrogen and oxygen atoms in total. The summed E-state index contributed by atoms with van der Waals surface area (Å²) in [6, 6.07) is 6.18. The molecule has 0 atom stereocenters. The number of hydrogen-bond donors (Lipinski definition) is 0. The fourth-order valence-electron chi connectivity index (χ4n) is 2.01. The van der Waals surface area contributed by atoms with Crippen molar-refractivity contribution in [2.45, 2.75) is 18.8 Å². The van der Waals surface area contributed by atoms with Gasteiger partial charge in [-0.1, -0.05) is 36.4 Å². The molecular weight excluding hydrogens is 208 g/mol. The molecule has 0 unspecified atom stereocenters. The number of ether oxygens (including phenoxy) is 1. The van der Waals surface area contributed by atoms with E-state index in [0.717, 1.165) is 36.6 Å². The van der Waals surface area contributed by atoms with Crippen LogP contribution in [0.3, 0.4) is 0 Å². The molecule has 1 saturated heterocycles. The van der Waals surface area contributed by atoms with Gasteiger partial charge in [-0.3, -0.25) is 0 Å². The van der Waals surface area contributed by atoms with E-state index in [1.165, 1.54) is 5.56 Å². The molecule has 1 heterocycles. The fourth-order valence-corrected chi connectivity index (χ4v) is 2.35. The molecule has 1 fully saturated rings. The maximum atomic E-state index is 6.25.